The number of alkyl halides is 3. The molecule has 0 radical (unpaired) electrons. The highest BCUT2D eigenvalue weighted by atomic mass is 19.4. The fourth-order valence-electron chi connectivity index (χ4n) is 3.21. The monoisotopic (exact) mass is 530 g/mol. The summed E-state index contributed by atoms with van der Waals surface area (Å²) >= 11 is 0. The van der Waals surface area contributed by atoms with E-state index in [1.807, 2.05) is 5.32 Å². The first-order chi connectivity index (χ1) is 17.0. The molecule has 0 aliphatic carbocycles. The Bertz CT molecular complexity index is 1120. The van der Waals surface area contributed by atoms with Crippen LogP contribution in [-0.2, 0) is 20.7 Å². The van der Waals surface area contributed by atoms with Crippen molar-refractivity contribution in [2.45, 2.75) is 57.3 Å². The number of ether oxygens (including phenoxy) is 2. The number of carboxylic acid groups (broad SMARTS) is 1. The van der Waals surface area contributed by atoms with Crippen molar-refractivity contribution in [1.82, 2.24) is 10.6 Å². The van der Waals surface area contributed by atoms with Gasteiger partial charge in [-0.3, -0.25) is 4.79 Å². The summed E-state index contributed by atoms with van der Waals surface area (Å²) in [6.45, 7) is 4.72. The number of carbonyl (C=O) groups excluding carboxylic acids is 2. The number of nitrogens with one attached hydrogen (secondary N) is 2. The number of alkyl carbamates (subject to hydrolysis) is 1. The summed E-state index contributed by atoms with van der Waals surface area (Å²) < 4.78 is 60.2. The van der Waals surface area contributed by atoms with E-state index in [1.54, 1.807) is 20.8 Å². The summed E-state index contributed by atoms with van der Waals surface area (Å²) in [5.74, 6) is -4.25. The highest BCUT2D eigenvalue weighted by Crippen LogP contribution is 2.26. The number of aliphatic carboxylic acids is 1. The van der Waals surface area contributed by atoms with Gasteiger partial charge in [-0.15, -0.1) is 13.2 Å². The van der Waals surface area contributed by atoms with Gasteiger partial charge in [-0.25, -0.2) is 14.0 Å². The van der Waals surface area contributed by atoms with Gasteiger partial charge in [0.05, 0.1) is 6.04 Å². The maximum atomic E-state index is 13.6. The van der Waals surface area contributed by atoms with Crippen molar-refractivity contribution >= 4 is 18.0 Å². The van der Waals surface area contributed by atoms with Crippen molar-refractivity contribution in [3.05, 3.63) is 65.5 Å². The fraction of sp³-hybridized carbons (Fsp3) is 0.375. The standard InChI is InChI=1S/C24H26F4N2O7/c1-23(2,3)37-22(35)29-17(11-13-6-4-8-15(25)10-13)19(31)20(32)30-18(21(33)34)14-7-5-9-16(12-14)36-24(26,27)28/h4-10,12,17-19,31H,11H2,1-3H3,(H,29,35)(H,30,32)(H,33,34)/t17-,18+,19+/m1/s1. The second-order valence-electron chi connectivity index (χ2n) is 8.93. The van der Waals surface area contributed by atoms with E-state index in [-0.39, 0.29) is 12.0 Å². The van der Waals surface area contributed by atoms with Gasteiger partial charge in [0, 0.05) is 0 Å². The van der Waals surface area contributed by atoms with E-state index in [1.165, 1.54) is 12.1 Å². The summed E-state index contributed by atoms with van der Waals surface area (Å²) in [7, 11) is 0. The quantitative estimate of drug-likeness (QED) is 0.365. The molecule has 2 amide bonds. The van der Waals surface area contributed by atoms with Crippen molar-refractivity contribution in [2.24, 2.45) is 0 Å². The average Bonchev–Trinajstić information content (AvgIpc) is 2.73. The molecule has 4 N–H and O–H groups in total. The molecule has 0 aliphatic rings. The van der Waals surface area contributed by atoms with Crippen LogP contribution in [0.15, 0.2) is 48.5 Å². The van der Waals surface area contributed by atoms with E-state index in [2.05, 4.69) is 10.1 Å². The van der Waals surface area contributed by atoms with E-state index in [9.17, 15) is 42.2 Å². The van der Waals surface area contributed by atoms with Crippen molar-refractivity contribution in [2.75, 3.05) is 0 Å². The summed E-state index contributed by atoms with van der Waals surface area (Å²) in [4.78, 5) is 36.9. The molecular formula is C24H26F4N2O7. The van der Waals surface area contributed by atoms with E-state index in [0.717, 1.165) is 36.4 Å². The van der Waals surface area contributed by atoms with E-state index in [0.29, 0.717) is 5.56 Å². The molecule has 202 valence electrons. The molecule has 0 aromatic heterocycles. The predicted molar refractivity (Wildman–Crippen MR) is 121 cm³/mol. The molecule has 0 saturated carbocycles. The first-order valence-corrected chi connectivity index (χ1v) is 10.8. The number of rotatable bonds is 9. The van der Waals surface area contributed by atoms with Crippen LogP contribution < -0.4 is 15.4 Å². The highest BCUT2D eigenvalue weighted by Gasteiger charge is 2.34. The summed E-state index contributed by atoms with van der Waals surface area (Å²) in [5, 5.41) is 24.6. The molecule has 9 nitrogen and oxygen atoms in total. The molecule has 13 heteroatoms. The Balaban J connectivity index is 2.27. The van der Waals surface area contributed by atoms with Crippen molar-refractivity contribution < 1.29 is 51.6 Å². The van der Waals surface area contributed by atoms with E-state index >= 15 is 0 Å². The minimum atomic E-state index is -5.03. The molecule has 0 bridgehead atoms. The molecule has 2 rings (SSSR count). The molecule has 0 aliphatic heterocycles. The number of halogens is 4. The van der Waals surface area contributed by atoms with Crippen LogP contribution in [0, 0.1) is 5.82 Å². The number of hydrogen-bond donors (Lipinski definition) is 4. The molecular weight excluding hydrogens is 504 g/mol. The minimum Gasteiger partial charge on any atom is -0.479 e. The Hall–Kier alpha value is -3.87. The largest absolute Gasteiger partial charge is 0.573 e. The van der Waals surface area contributed by atoms with Crippen LogP contribution in [0.2, 0.25) is 0 Å². The maximum absolute atomic E-state index is 13.6. The molecule has 0 unspecified atom stereocenters. The second-order valence-corrected chi connectivity index (χ2v) is 8.93. The van der Waals surface area contributed by atoms with Crippen LogP contribution in [0.25, 0.3) is 0 Å². The van der Waals surface area contributed by atoms with E-state index in [4.69, 9.17) is 4.74 Å². The third-order valence-electron chi connectivity index (χ3n) is 4.66. The molecule has 0 spiro atoms. The minimum absolute atomic E-state index is 0.252. The number of benzene rings is 2. The van der Waals surface area contributed by atoms with Crippen LogP contribution in [0.1, 0.15) is 37.9 Å². The lowest BCUT2D eigenvalue weighted by molar-refractivity contribution is -0.274. The van der Waals surface area contributed by atoms with Gasteiger partial charge in [-0.05, 0) is 62.6 Å². The van der Waals surface area contributed by atoms with Gasteiger partial charge < -0.3 is 30.3 Å². The van der Waals surface area contributed by atoms with E-state index < -0.39 is 59.7 Å². The Kier molecular flexibility index (Phi) is 9.45. The lowest BCUT2D eigenvalue weighted by atomic mass is 9.99. The summed E-state index contributed by atoms with van der Waals surface area (Å²) in [6, 6.07) is 5.78. The molecule has 0 heterocycles. The first-order valence-electron chi connectivity index (χ1n) is 10.8. The Labute approximate surface area is 209 Å². The smallest absolute Gasteiger partial charge is 0.479 e. The van der Waals surface area contributed by atoms with Crippen molar-refractivity contribution in [3.63, 3.8) is 0 Å². The Morgan fingerprint density at radius 3 is 2.22 bits per heavy atom. The van der Waals surface area contributed by atoms with Gasteiger partial charge in [0.2, 0.25) is 0 Å². The van der Waals surface area contributed by atoms with Gasteiger partial charge in [0.15, 0.2) is 12.1 Å². The zero-order valence-electron chi connectivity index (χ0n) is 20.0. The zero-order valence-corrected chi connectivity index (χ0v) is 20.0. The van der Waals surface area contributed by atoms with Crippen LogP contribution in [0.4, 0.5) is 22.4 Å². The maximum Gasteiger partial charge on any atom is 0.573 e. The van der Waals surface area contributed by atoms with Gasteiger partial charge in [-0.2, -0.15) is 0 Å². The molecule has 2 aromatic rings. The van der Waals surface area contributed by atoms with Gasteiger partial charge in [-0.1, -0.05) is 24.3 Å². The van der Waals surface area contributed by atoms with Crippen LogP contribution in [-0.4, -0.2) is 52.3 Å². The number of hydrogen-bond acceptors (Lipinski definition) is 6. The third kappa shape index (κ3) is 9.95. The second kappa shape index (κ2) is 11.9. The Morgan fingerprint density at radius 1 is 1.00 bits per heavy atom. The topological polar surface area (TPSA) is 134 Å². The first kappa shape index (κ1) is 29.4. The fourth-order valence-corrected chi connectivity index (χ4v) is 3.21. The van der Waals surface area contributed by atoms with Crippen LogP contribution in [0.5, 0.6) is 5.75 Å². The number of aliphatic hydroxyl groups excluding tert-OH is 1. The van der Waals surface area contributed by atoms with Gasteiger partial charge >= 0.3 is 18.4 Å². The number of carbonyl (C=O) groups is 3. The third-order valence-corrected chi connectivity index (χ3v) is 4.66. The summed E-state index contributed by atoms with van der Waals surface area (Å²) in [6.07, 6.45) is -8.35. The van der Waals surface area contributed by atoms with Gasteiger partial charge in [0.1, 0.15) is 17.2 Å². The summed E-state index contributed by atoms with van der Waals surface area (Å²) in [5.41, 5.74) is -0.921. The average molecular weight is 530 g/mol. The Morgan fingerprint density at radius 2 is 1.65 bits per heavy atom. The molecule has 2 aromatic carbocycles. The van der Waals surface area contributed by atoms with Gasteiger partial charge in [0.25, 0.3) is 5.91 Å². The lowest BCUT2D eigenvalue weighted by Gasteiger charge is -2.27. The normalized spacial score (nSPS) is 14.2. The number of amides is 2. The number of aliphatic hydroxyl groups is 1. The SMILES string of the molecule is CC(C)(C)OC(=O)N[C@H](Cc1cccc(F)c1)[C@H](O)C(=O)N[C@H](C(=O)O)c1cccc(OC(F)(F)F)c1. The zero-order chi connectivity index (χ0) is 28.0. The molecule has 37 heavy (non-hydrogen) atoms. The molecule has 3 atom stereocenters. The number of carboxylic acids is 1. The predicted octanol–water partition coefficient (Wildman–Crippen LogP) is 3.46. The van der Waals surface area contributed by atoms with Crippen molar-refractivity contribution in [3.8, 4) is 5.75 Å². The highest BCUT2D eigenvalue weighted by molar-refractivity contribution is 5.88. The molecule has 0 fully saturated rings. The van der Waals surface area contributed by atoms with Crippen LogP contribution >= 0.6 is 0 Å². The molecule has 0 saturated heterocycles. The van der Waals surface area contributed by atoms with Crippen molar-refractivity contribution in [1.29, 1.82) is 0 Å². The lowest BCUT2D eigenvalue weighted by Crippen LogP contribution is -2.53. The van der Waals surface area contributed by atoms with Crippen LogP contribution in [0.3, 0.4) is 0 Å².